The Bertz CT molecular complexity index is 549. The van der Waals surface area contributed by atoms with Gasteiger partial charge < -0.3 is 14.7 Å². The number of benzene rings is 1. The first-order chi connectivity index (χ1) is 9.75. The molecular formula is C16H21NO4. The number of likely N-dealkylation sites (tertiary alicyclic amines) is 1. The molecule has 1 saturated heterocycles. The lowest BCUT2D eigenvalue weighted by Crippen LogP contribution is -2.38. The molecule has 1 aliphatic rings. The third kappa shape index (κ3) is 3.42. The van der Waals surface area contributed by atoms with Gasteiger partial charge in [0.1, 0.15) is 17.5 Å². The molecule has 1 heterocycles. The molecule has 0 radical (unpaired) electrons. The van der Waals surface area contributed by atoms with E-state index in [2.05, 4.69) is 0 Å². The summed E-state index contributed by atoms with van der Waals surface area (Å²) in [5.41, 5.74) is -0.760. The minimum atomic E-state index is -1.20. The highest BCUT2D eigenvalue weighted by molar-refractivity contribution is 5.78. The molecule has 0 aliphatic carbocycles. The SMILES string of the molecule is CC(C)(C)OC(=O)N1CCC(O)(c2ccccc2C=O)C1. The number of rotatable bonds is 2. The van der Waals surface area contributed by atoms with Gasteiger partial charge in [-0.05, 0) is 32.8 Å². The van der Waals surface area contributed by atoms with Gasteiger partial charge in [0.25, 0.3) is 0 Å². The molecule has 2 rings (SSSR count). The zero-order valence-electron chi connectivity index (χ0n) is 12.6. The van der Waals surface area contributed by atoms with Crippen LogP contribution in [0.1, 0.15) is 43.1 Å². The van der Waals surface area contributed by atoms with Gasteiger partial charge in [-0.15, -0.1) is 0 Å². The summed E-state index contributed by atoms with van der Waals surface area (Å²) >= 11 is 0. The van der Waals surface area contributed by atoms with Gasteiger partial charge in [0, 0.05) is 12.1 Å². The van der Waals surface area contributed by atoms with Crippen LogP contribution in [-0.4, -0.2) is 41.1 Å². The van der Waals surface area contributed by atoms with Crippen LogP contribution in [0.4, 0.5) is 4.79 Å². The quantitative estimate of drug-likeness (QED) is 0.849. The van der Waals surface area contributed by atoms with E-state index in [0.717, 1.165) is 6.29 Å². The van der Waals surface area contributed by atoms with Gasteiger partial charge in [-0.1, -0.05) is 24.3 Å². The third-order valence-electron chi connectivity index (χ3n) is 3.49. The topological polar surface area (TPSA) is 66.8 Å². The van der Waals surface area contributed by atoms with E-state index in [1.807, 2.05) is 0 Å². The molecular weight excluding hydrogens is 270 g/mol. The van der Waals surface area contributed by atoms with Crippen LogP contribution in [0.2, 0.25) is 0 Å². The zero-order valence-corrected chi connectivity index (χ0v) is 12.6. The molecule has 5 nitrogen and oxygen atoms in total. The van der Waals surface area contributed by atoms with Crippen molar-refractivity contribution in [2.24, 2.45) is 0 Å². The lowest BCUT2D eigenvalue weighted by Gasteiger charge is -2.27. The first-order valence-corrected chi connectivity index (χ1v) is 7.00. The summed E-state index contributed by atoms with van der Waals surface area (Å²) in [6.45, 7) is 5.93. The highest BCUT2D eigenvalue weighted by Gasteiger charge is 2.42. The van der Waals surface area contributed by atoms with Crippen molar-refractivity contribution in [3.8, 4) is 0 Å². The fraction of sp³-hybridized carbons (Fsp3) is 0.500. The van der Waals surface area contributed by atoms with Crippen LogP contribution in [0, 0.1) is 0 Å². The van der Waals surface area contributed by atoms with Crippen LogP contribution in [0.3, 0.4) is 0 Å². The molecule has 1 fully saturated rings. The van der Waals surface area contributed by atoms with Crippen LogP contribution in [0.25, 0.3) is 0 Å². The van der Waals surface area contributed by atoms with Crippen molar-refractivity contribution >= 4 is 12.4 Å². The van der Waals surface area contributed by atoms with Gasteiger partial charge in [-0.25, -0.2) is 4.79 Å². The van der Waals surface area contributed by atoms with E-state index in [4.69, 9.17) is 4.74 Å². The van der Waals surface area contributed by atoms with E-state index >= 15 is 0 Å². The largest absolute Gasteiger partial charge is 0.444 e. The van der Waals surface area contributed by atoms with Gasteiger partial charge >= 0.3 is 6.09 Å². The molecule has 1 amide bonds. The summed E-state index contributed by atoms with van der Waals surface area (Å²) in [7, 11) is 0. The number of hydrogen-bond acceptors (Lipinski definition) is 4. The highest BCUT2D eigenvalue weighted by atomic mass is 16.6. The second-order valence-electron chi connectivity index (χ2n) is 6.39. The number of hydrogen-bond donors (Lipinski definition) is 1. The Morgan fingerprint density at radius 2 is 2.05 bits per heavy atom. The Balaban J connectivity index is 2.17. The number of β-amino-alcohol motifs (C(OH)–C–C–N with tert-alkyl or cyclic N) is 1. The molecule has 1 unspecified atom stereocenters. The molecule has 0 aromatic heterocycles. The predicted molar refractivity (Wildman–Crippen MR) is 78.2 cm³/mol. The molecule has 0 bridgehead atoms. The van der Waals surface area contributed by atoms with Crippen LogP contribution < -0.4 is 0 Å². The summed E-state index contributed by atoms with van der Waals surface area (Å²) in [6, 6.07) is 6.91. The lowest BCUT2D eigenvalue weighted by atomic mass is 9.89. The van der Waals surface area contributed by atoms with Gasteiger partial charge in [-0.2, -0.15) is 0 Å². The van der Waals surface area contributed by atoms with E-state index in [-0.39, 0.29) is 6.54 Å². The van der Waals surface area contributed by atoms with E-state index in [9.17, 15) is 14.7 Å². The molecule has 1 atom stereocenters. The van der Waals surface area contributed by atoms with Crippen molar-refractivity contribution in [1.29, 1.82) is 0 Å². The Morgan fingerprint density at radius 3 is 2.67 bits per heavy atom. The number of aldehydes is 1. The van der Waals surface area contributed by atoms with Crippen LogP contribution >= 0.6 is 0 Å². The minimum Gasteiger partial charge on any atom is -0.444 e. The number of ether oxygens (including phenoxy) is 1. The summed E-state index contributed by atoms with van der Waals surface area (Å²) < 4.78 is 5.31. The number of carbonyl (C=O) groups excluding carboxylic acids is 2. The van der Waals surface area contributed by atoms with E-state index in [1.165, 1.54) is 4.90 Å². The number of aliphatic hydroxyl groups is 1. The standard InChI is InChI=1S/C16H21NO4/c1-15(2,3)21-14(19)17-9-8-16(20,11-17)13-7-5-4-6-12(13)10-18/h4-7,10,20H,8-9,11H2,1-3H3. The molecule has 0 saturated carbocycles. The summed E-state index contributed by atoms with van der Waals surface area (Å²) in [4.78, 5) is 24.6. The summed E-state index contributed by atoms with van der Waals surface area (Å²) in [5, 5.41) is 10.8. The summed E-state index contributed by atoms with van der Waals surface area (Å²) in [5.74, 6) is 0. The van der Waals surface area contributed by atoms with Crippen molar-refractivity contribution in [2.75, 3.05) is 13.1 Å². The second-order valence-corrected chi connectivity index (χ2v) is 6.39. The molecule has 21 heavy (non-hydrogen) atoms. The molecule has 1 aromatic rings. The maximum Gasteiger partial charge on any atom is 0.410 e. The minimum absolute atomic E-state index is 0.132. The molecule has 5 heteroatoms. The Kier molecular flexibility index (Phi) is 4.05. The van der Waals surface area contributed by atoms with Gasteiger partial charge in [-0.3, -0.25) is 4.79 Å². The zero-order chi connectivity index (χ0) is 15.7. The van der Waals surface area contributed by atoms with Gasteiger partial charge in [0.05, 0.1) is 6.54 Å². The first kappa shape index (κ1) is 15.5. The molecule has 1 aromatic carbocycles. The van der Waals surface area contributed by atoms with Crippen molar-refractivity contribution in [2.45, 2.75) is 38.4 Å². The average Bonchev–Trinajstić information content (AvgIpc) is 2.81. The van der Waals surface area contributed by atoms with Crippen LogP contribution in [-0.2, 0) is 10.3 Å². The number of carbonyl (C=O) groups is 2. The molecule has 1 aliphatic heterocycles. The third-order valence-corrected chi connectivity index (χ3v) is 3.49. The van der Waals surface area contributed by atoms with E-state index < -0.39 is 17.3 Å². The average molecular weight is 291 g/mol. The smallest absolute Gasteiger partial charge is 0.410 e. The highest BCUT2D eigenvalue weighted by Crippen LogP contribution is 2.34. The monoisotopic (exact) mass is 291 g/mol. The predicted octanol–water partition coefficient (Wildman–Crippen LogP) is 2.33. The molecule has 1 N–H and O–H groups in total. The Hall–Kier alpha value is -1.88. The van der Waals surface area contributed by atoms with Crippen molar-refractivity contribution in [1.82, 2.24) is 4.90 Å². The fourth-order valence-corrected chi connectivity index (χ4v) is 2.52. The fourth-order valence-electron chi connectivity index (χ4n) is 2.52. The van der Waals surface area contributed by atoms with Gasteiger partial charge in [0.2, 0.25) is 0 Å². The maximum absolute atomic E-state index is 12.1. The second kappa shape index (κ2) is 5.48. The van der Waals surface area contributed by atoms with Crippen LogP contribution in [0.15, 0.2) is 24.3 Å². The van der Waals surface area contributed by atoms with Gasteiger partial charge in [0.15, 0.2) is 0 Å². The first-order valence-electron chi connectivity index (χ1n) is 7.00. The van der Waals surface area contributed by atoms with Crippen LogP contribution in [0.5, 0.6) is 0 Å². The molecule has 114 valence electrons. The lowest BCUT2D eigenvalue weighted by molar-refractivity contribution is 0.0138. The molecule has 0 spiro atoms. The van der Waals surface area contributed by atoms with Crippen molar-refractivity contribution < 1.29 is 19.4 Å². The van der Waals surface area contributed by atoms with Crippen molar-refractivity contribution in [3.05, 3.63) is 35.4 Å². The normalized spacial score (nSPS) is 22.2. The number of nitrogens with zero attached hydrogens (tertiary/aromatic N) is 1. The van der Waals surface area contributed by atoms with E-state index in [0.29, 0.717) is 24.1 Å². The Morgan fingerprint density at radius 1 is 1.38 bits per heavy atom. The van der Waals surface area contributed by atoms with E-state index in [1.54, 1.807) is 45.0 Å². The maximum atomic E-state index is 12.1. The Labute approximate surface area is 124 Å². The number of amides is 1. The summed E-state index contributed by atoms with van der Waals surface area (Å²) in [6.07, 6.45) is 0.669. The van der Waals surface area contributed by atoms with Crippen molar-refractivity contribution in [3.63, 3.8) is 0 Å².